The molecule has 0 radical (unpaired) electrons. The zero-order chi connectivity index (χ0) is 21.0. The van der Waals surface area contributed by atoms with Crippen molar-refractivity contribution in [2.24, 2.45) is 5.41 Å². The Hall–Kier alpha value is -3.05. The van der Waals surface area contributed by atoms with Crippen molar-refractivity contribution in [1.29, 1.82) is 0 Å². The summed E-state index contributed by atoms with van der Waals surface area (Å²) in [6, 6.07) is 12.1. The van der Waals surface area contributed by atoms with Crippen molar-refractivity contribution in [3.63, 3.8) is 0 Å². The number of carbonyl (C=O) groups is 1. The second-order valence-electron chi connectivity index (χ2n) is 8.74. The number of halogens is 1. The van der Waals surface area contributed by atoms with E-state index in [1.807, 2.05) is 24.3 Å². The Morgan fingerprint density at radius 1 is 1.07 bits per heavy atom. The molecule has 5 rings (SSSR count). The van der Waals surface area contributed by atoms with E-state index in [1.54, 1.807) is 18.2 Å². The lowest BCUT2D eigenvalue weighted by atomic mass is 9.73. The van der Waals surface area contributed by atoms with E-state index < -0.39 is 6.04 Å². The molecule has 0 bridgehead atoms. The van der Waals surface area contributed by atoms with E-state index in [4.69, 9.17) is 16.0 Å². The van der Waals surface area contributed by atoms with Crippen molar-refractivity contribution < 1.29 is 9.21 Å². The van der Waals surface area contributed by atoms with Crippen LogP contribution in [0.5, 0.6) is 0 Å². The number of rotatable bonds is 1. The monoisotopic (exact) mass is 420 g/mol. The van der Waals surface area contributed by atoms with Crippen molar-refractivity contribution >= 4 is 39.7 Å². The van der Waals surface area contributed by atoms with Gasteiger partial charge in [0, 0.05) is 22.7 Å². The number of allylic oxidation sites excluding steroid dienone is 1. The molecular formula is C24H21ClN2O3. The third kappa shape index (κ3) is 3.10. The van der Waals surface area contributed by atoms with Gasteiger partial charge in [-0.3, -0.25) is 9.59 Å². The number of carbonyl (C=O) groups excluding carboxylic acids is 1. The molecule has 0 saturated carbocycles. The highest BCUT2D eigenvalue weighted by atomic mass is 35.5. The molecule has 2 heterocycles. The topological polar surface area (TPSA) is 71.3 Å². The van der Waals surface area contributed by atoms with E-state index in [0.717, 1.165) is 17.1 Å². The summed E-state index contributed by atoms with van der Waals surface area (Å²) in [4.78, 5) is 26.7. The van der Waals surface area contributed by atoms with Gasteiger partial charge < -0.3 is 15.1 Å². The van der Waals surface area contributed by atoms with Gasteiger partial charge in [-0.25, -0.2) is 0 Å². The summed E-state index contributed by atoms with van der Waals surface area (Å²) in [5, 5.41) is 7.74. The van der Waals surface area contributed by atoms with Gasteiger partial charge >= 0.3 is 0 Å². The van der Waals surface area contributed by atoms with E-state index in [1.165, 1.54) is 6.26 Å². The van der Waals surface area contributed by atoms with Crippen LogP contribution in [0.2, 0.25) is 5.02 Å². The van der Waals surface area contributed by atoms with Crippen LogP contribution in [0.3, 0.4) is 0 Å². The first-order chi connectivity index (χ1) is 14.3. The van der Waals surface area contributed by atoms with Gasteiger partial charge in [-0.05, 0) is 42.2 Å². The van der Waals surface area contributed by atoms with Crippen LogP contribution >= 0.6 is 11.6 Å². The molecule has 1 atom stereocenters. The number of fused-ring (bicyclic) bond motifs is 2. The molecule has 0 spiro atoms. The number of nitrogens with one attached hydrogen (secondary N) is 2. The number of ketones is 1. The van der Waals surface area contributed by atoms with Crippen molar-refractivity contribution in [3.8, 4) is 0 Å². The molecule has 2 aliphatic rings. The minimum atomic E-state index is -0.612. The largest absolute Gasteiger partial charge is 0.464 e. The van der Waals surface area contributed by atoms with Crippen molar-refractivity contribution in [2.45, 2.75) is 32.7 Å². The number of anilines is 2. The van der Waals surface area contributed by atoms with Gasteiger partial charge in [0.2, 0.25) is 0 Å². The second kappa shape index (κ2) is 6.74. The number of Topliss-reactive ketones (excluding diaryl/α,β-unsaturated/α-hetero) is 1. The predicted octanol–water partition coefficient (Wildman–Crippen LogP) is 5.67. The lowest BCUT2D eigenvalue weighted by Gasteiger charge is -2.33. The Morgan fingerprint density at radius 3 is 2.63 bits per heavy atom. The van der Waals surface area contributed by atoms with Crippen molar-refractivity contribution in [1.82, 2.24) is 0 Å². The highest BCUT2D eigenvalue weighted by molar-refractivity contribution is 6.31. The Balaban J connectivity index is 1.75. The van der Waals surface area contributed by atoms with Gasteiger partial charge in [0.1, 0.15) is 11.8 Å². The molecular weight excluding hydrogens is 400 g/mol. The molecule has 2 N–H and O–H groups in total. The number of hydrogen-bond donors (Lipinski definition) is 2. The molecule has 0 amide bonds. The third-order valence-electron chi connectivity index (χ3n) is 5.79. The van der Waals surface area contributed by atoms with Crippen LogP contribution in [0.1, 0.15) is 38.3 Å². The summed E-state index contributed by atoms with van der Waals surface area (Å²) in [5.41, 5.74) is 3.66. The first-order valence-electron chi connectivity index (χ1n) is 9.92. The van der Waals surface area contributed by atoms with Gasteiger partial charge in [-0.2, -0.15) is 0 Å². The van der Waals surface area contributed by atoms with Crippen LogP contribution in [0.4, 0.5) is 11.4 Å². The van der Waals surface area contributed by atoms with Gasteiger partial charge in [-0.1, -0.05) is 37.6 Å². The van der Waals surface area contributed by atoms with E-state index in [9.17, 15) is 9.59 Å². The first kappa shape index (κ1) is 18.9. The lowest BCUT2D eigenvalue weighted by molar-refractivity contribution is -0.118. The summed E-state index contributed by atoms with van der Waals surface area (Å²) in [7, 11) is 0. The van der Waals surface area contributed by atoms with Crippen LogP contribution in [0.25, 0.3) is 11.0 Å². The van der Waals surface area contributed by atoms with Crippen LogP contribution in [-0.4, -0.2) is 5.78 Å². The molecule has 1 aliphatic heterocycles. The fraction of sp³-hybridized carbons (Fsp3) is 0.250. The van der Waals surface area contributed by atoms with Gasteiger partial charge in [0.15, 0.2) is 11.2 Å². The first-order valence-corrected chi connectivity index (χ1v) is 10.3. The zero-order valence-electron chi connectivity index (χ0n) is 16.7. The summed E-state index contributed by atoms with van der Waals surface area (Å²) in [5.74, 6) is 0.0321. The Labute approximate surface area is 178 Å². The minimum absolute atomic E-state index is 0.0321. The summed E-state index contributed by atoms with van der Waals surface area (Å²) >= 11 is 6.12. The highest BCUT2D eigenvalue weighted by Gasteiger charge is 2.39. The molecule has 2 aromatic carbocycles. The van der Waals surface area contributed by atoms with Crippen LogP contribution in [0.15, 0.2) is 69.2 Å². The van der Waals surface area contributed by atoms with Gasteiger partial charge in [0.05, 0.1) is 28.4 Å². The molecule has 152 valence electrons. The van der Waals surface area contributed by atoms with Gasteiger partial charge in [0.25, 0.3) is 0 Å². The van der Waals surface area contributed by atoms with Gasteiger partial charge in [-0.15, -0.1) is 0 Å². The Bertz CT molecular complexity index is 1290. The predicted molar refractivity (Wildman–Crippen MR) is 119 cm³/mol. The number of para-hydroxylation sites is 2. The van der Waals surface area contributed by atoms with E-state index in [-0.39, 0.29) is 16.6 Å². The van der Waals surface area contributed by atoms with E-state index in [0.29, 0.717) is 40.0 Å². The van der Waals surface area contributed by atoms with Crippen LogP contribution in [-0.2, 0) is 4.79 Å². The Kier molecular flexibility index (Phi) is 4.26. The van der Waals surface area contributed by atoms with E-state index >= 15 is 0 Å². The molecule has 6 heteroatoms. The fourth-order valence-corrected chi connectivity index (χ4v) is 4.61. The molecule has 0 fully saturated rings. The quantitative estimate of drug-likeness (QED) is 0.530. The molecule has 3 aromatic rings. The number of benzene rings is 2. The maximum atomic E-state index is 13.4. The SMILES string of the molecule is CC1(C)CC(=O)C2=C(C1)Nc1ccccc1N[C@H]2c1coc2ccc(Cl)cc2c1=O. The normalized spacial score (nSPS) is 20.1. The summed E-state index contributed by atoms with van der Waals surface area (Å²) in [6.45, 7) is 4.17. The van der Waals surface area contributed by atoms with Crippen LogP contribution < -0.4 is 16.1 Å². The molecule has 0 saturated heterocycles. The molecule has 1 aliphatic carbocycles. The smallest absolute Gasteiger partial charge is 0.198 e. The maximum absolute atomic E-state index is 13.4. The fourth-order valence-electron chi connectivity index (χ4n) is 4.44. The minimum Gasteiger partial charge on any atom is -0.464 e. The van der Waals surface area contributed by atoms with E-state index in [2.05, 4.69) is 24.5 Å². The molecule has 0 unspecified atom stereocenters. The molecule has 30 heavy (non-hydrogen) atoms. The highest BCUT2D eigenvalue weighted by Crippen LogP contribution is 2.45. The average molecular weight is 421 g/mol. The average Bonchev–Trinajstić information content (AvgIpc) is 2.84. The van der Waals surface area contributed by atoms with Crippen LogP contribution in [0, 0.1) is 5.41 Å². The second-order valence-corrected chi connectivity index (χ2v) is 9.18. The molecule has 1 aromatic heterocycles. The third-order valence-corrected chi connectivity index (χ3v) is 6.03. The standard InChI is InChI=1S/C24H21ClN2O3/c1-24(2)10-18-21(19(28)11-24)22(27-17-6-4-3-5-16(17)26-18)15-12-30-20-8-7-13(25)9-14(20)23(15)29/h3-9,12,22,26-27H,10-11H2,1-2H3/t22-/m0/s1. The Morgan fingerprint density at radius 2 is 1.83 bits per heavy atom. The summed E-state index contributed by atoms with van der Waals surface area (Å²) < 4.78 is 5.76. The lowest BCUT2D eigenvalue weighted by Crippen LogP contribution is -2.33. The van der Waals surface area contributed by atoms with Crippen molar-refractivity contribution in [2.75, 3.05) is 10.6 Å². The summed E-state index contributed by atoms with van der Waals surface area (Å²) in [6.07, 6.45) is 2.60. The maximum Gasteiger partial charge on any atom is 0.198 e. The molecule has 5 nitrogen and oxygen atoms in total. The van der Waals surface area contributed by atoms with Crippen molar-refractivity contribution in [3.05, 3.63) is 80.8 Å². The zero-order valence-corrected chi connectivity index (χ0v) is 17.5. The number of hydrogen-bond acceptors (Lipinski definition) is 5.